The zero-order valence-electron chi connectivity index (χ0n) is 10.3. The highest BCUT2D eigenvalue weighted by Gasteiger charge is 2.16. The van der Waals surface area contributed by atoms with Crippen LogP contribution < -0.4 is 10.1 Å². The topological polar surface area (TPSA) is 21.3 Å². The second-order valence-corrected chi connectivity index (χ2v) is 4.77. The van der Waals surface area contributed by atoms with Crippen LogP contribution in [0.5, 0.6) is 5.75 Å². The van der Waals surface area contributed by atoms with Crippen LogP contribution in [-0.2, 0) is 0 Å². The van der Waals surface area contributed by atoms with Crippen molar-refractivity contribution < 1.29 is 9.13 Å². The Bertz CT molecular complexity index is 350. The van der Waals surface area contributed by atoms with Gasteiger partial charge in [-0.1, -0.05) is 12.5 Å². The average molecular weight is 237 g/mol. The van der Waals surface area contributed by atoms with Gasteiger partial charge in [-0.2, -0.15) is 0 Å². The lowest BCUT2D eigenvalue weighted by molar-refractivity contribution is 0.183. The van der Waals surface area contributed by atoms with Crippen molar-refractivity contribution in [1.82, 2.24) is 5.32 Å². The summed E-state index contributed by atoms with van der Waals surface area (Å²) in [5.41, 5.74) is 0. The van der Waals surface area contributed by atoms with Gasteiger partial charge in [-0.25, -0.2) is 4.39 Å². The van der Waals surface area contributed by atoms with Gasteiger partial charge in [0.2, 0.25) is 0 Å². The van der Waals surface area contributed by atoms with Crippen LogP contribution in [0.25, 0.3) is 0 Å². The highest BCUT2D eigenvalue weighted by molar-refractivity contribution is 5.22. The van der Waals surface area contributed by atoms with Crippen LogP contribution in [-0.4, -0.2) is 18.7 Å². The van der Waals surface area contributed by atoms with Gasteiger partial charge in [0.15, 0.2) is 0 Å². The molecule has 2 atom stereocenters. The maximum Gasteiger partial charge on any atom is 0.126 e. The summed E-state index contributed by atoms with van der Waals surface area (Å²) in [5.74, 6) is 0.374. The van der Waals surface area contributed by atoms with Gasteiger partial charge < -0.3 is 10.1 Å². The number of piperidine rings is 1. The molecule has 3 heteroatoms. The number of halogens is 1. The largest absolute Gasteiger partial charge is 0.491 e. The Hall–Kier alpha value is -1.09. The monoisotopic (exact) mass is 237 g/mol. The molecule has 1 aliphatic rings. The number of nitrogens with one attached hydrogen (secondary N) is 1. The first-order valence-corrected chi connectivity index (χ1v) is 6.39. The summed E-state index contributed by atoms with van der Waals surface area (Å²) in [6.07, 6.45) is 4.89. The third-order valence-electron chi connectivity index (χ3n) is 3.16. The predicted molar refractivity (Wildman–Crippen MR) is 66.7 cm³/mol. The van der Waals surface area contributed by atoms with Crippen molar-refractivity contribution in [3.63, 3.8) is 0 Å². The zero-order chi connectivity index (χ0) is 12.1. The molecule has 1 N–H and O–H groups in total. The third-order valence-corrected chi connectivity index (χ3v) is 3.16. The lowest BCUT2D eigenvalue weighted by Gasteiger charge is -2.26. The Morgan fingerprint density at radius 3 is 3.06 bits per heavy atom. The number of hydrogen-bond acceptors (Lipinski definition) is 2. The molecule has 2 unspecified atom stereocenters. The Morgan fingerprint density at radius 2 is 2.35 bits per heavy atom. The standard InChI is InChI=1S/C14H20FNO/c1-11(9-13-6-2-3-8-16-13)17-14-7-4-5-12(15)10-14/h4-5,7,10-11,13,16H,2-3,6,8-9H2,1H3. The number of ether oxygens (including phenoxy) is 1. The summed E-state index contributed by atoms with van der Waals surface area (Å²) in [6.45, 7) is 3.15. The van der Waals surface area contributed by atoms with Crippen molar-refractivity contribution in [1.29, 1.82) is 0 Å². The second-order valence-electron chi connectivity index (χ2n) is 4.77. The predicted octanol–water partition coefficient (Wildman–Crippen LogP) is 3.13. The fraction of sp³-hybridized carbons (Fsp3) is 0.571. The Balaban J connectivity index is 1.82. The molecule has 0 aliphatic carbocycles. The van der Waals surface area contributed by atoms with E-state index in [-0.39, 0.29) is 11.9 Å². The molecule has 2 rings (SSSR count). The summed E-state index contributed by atoms with van der Waals surface area (Å²) >= 11 is 0. The smallest absolute Gasteiger partial charge is 0.126 e. The summed E-state index contributed by atoms with van der Waals surface area (Å²) < 4.78 is 18.7. The van der Waals surface area contributed by atoms with Gasteiger partial charge >= 0.3 is 0 Å². The third kappa shape index (κ3) is 4.00. The van der Waals surface area contributed by atoms with Gasteiger partial charge in [-0.3, -0.25) is 0 Å². The molecule has 0 amide bonds. The van der Waals surface area contributed by atoms with E-state index in [1.165, 1.54) is 31.4 Å². The molecule has 1 heterocycles. The summed E-state index contributed by atoms with van der Waals surface area (Å²) in [7, 11) is 0. The molecule has 0 saturated carbocycles. The van der Waals surface area contributed by atoms with Crippen LogP contribution in [0.3, 0.4) is 0 Å². The molecular formula is C14H20FNO. The van der Waals surface area contributed by atoms with E-state index < -0.39 is 0 Å². The molecular weight excluding hydrogens is 217 g/mol. The van der Waals surface area contributed by atoms with Crippen molar-refractivity contribution in [2.45, 2.75) is 44.8 Å². The van der Waals surface area contributed by atoms with Gasteiger partial charge in [0.25, 0.3) is 0 Å². The molecule has 1 aliphatic heterocycles. The van der Waals surface area contributed by atoms with Gasteiger partial charge in [0.1, 0.15) is 11.6 Å². The first-order chi connectivity index (χ1) is 8.24. The quantitative estimate of drug-likeness (QED) is 0.868. The minimum absolute atomic E-state index is 0.118. The van der Waals surface area contributed by atoms with E-state index in [1.54, 1.807) is 12.1 Å². The van der Waals surface area contributed by atoms with E-state index in [4.69, 9.17) is 4.74 Å². The van der Waals surface area contributed by atoms with Crippen LogP contribution in [0.4, 0.5) is 4.39 Å². The van der Waals surface area contributed by atoms with E-state index in [0.717, 1.165) is 13.0 Å². The molecule has 0 bridgehead atoms. The van der Waals surface area contributed by atoms with Crippen LogP contribution in [0.15, 0.2) is 24.3 Å². The van der Waals surface area contributed by atoms with Crippen LogP contribution in [0.2, 0.25) is 0 Å². The first-order valence-electron chi connectivity index (χ1n) is 6.39. The highest BCUT2D eigenvalue weighted by Crippen LogP contribution is 2.18. The Labute approximate surface area is 102 Å². The number of hydrogen-bond donors (Lipinski definition) is 1. The summed E-state index contributed by atoms with van der Waals surface area (Å²) in [6, 6.07) is 6.89. The van der Waals surface area contributed by atoms with Gasteiger partial charge in [-0.15, -0.1) is 0 Å². The molecule has 2 nitrogen and oxygen atoms in total. The van der Waals surface area contributed by atoms with Gasteiger partial charge in [-0.05, 0) is 44.9 Å². The molecule has 0 radical (unpaired) electrons. The van der Waals surface area contributed by atoms with Crippen molar-refractivity contribution in [2.24, 2.45) is 0 Å². The highest BCUT2D eigenvalue weighted by atomic mass is 19.1. The maximum absolute atomic E-state index is 13.0. The molecule has 1 aromatic rings. The number of benzene rings is 1. The second kappa shape index (κ2) is 6.01. The first kappa shape index (κ1) is 12.4. The van der Waals surface area contributed by atoms with E-state index in [9.17, 15) is 4.39 Å². The lowest BCUT2D eigenvalue weighted by atomic mass is 10.00. The summed E-state index contributed by atoms with van der Waals surface area (Å²) in [5, 5.41) is 3.49. The maximum atomic E-state index is 13.0. The molecule has 0 aromatic heterocycles. The molecule has 94 valence electrons. The molecule has 1 fully saturated rings. The Kier molecular flexibility index (Phi) is 4.37. The van der Waals surface area contributed by atoms with Crippen molar-refractivity contribution in [3.05, 3.63) is 30.1 Å². The fourth-order valence-electron chi connectivity index (χ4n) is 2.35. The lowest BCUT2D eigenvalue weighted by Crippen LogP contribution is -2.37. The molecule has 17 heavy (non-hydrogen) atoms. The normalized spacial score (nSPS) is 22.1. The van der Waals surface area contributed by atoms with E-state index in [0.29, 0.717) is 11.8 Å². The van der Waals surface area contributed by atoms with Crippen LogP contribution in [0.1, 0.15) is 32.6 Å². The van der Waals surface area contributed by atoms with Crippen molar-refractivity contribution in [3.8, 4) is 5.75 Å². The number of rotatable bonds is 4. The van der Waals surface area contributed by atoms with Gasteiger partial charge in [0, 0.05) is 12.1 Å². The van der Waals surface area contributed by atoms with Crippen LogP contribution >= 0.6 is 0 Å². The molecule has 1 aromatic carbocycles. The fourth-order valence-corrected chi connectivity index (χ4v) is 2.35. The van der Waals surface area contributed by atoms with E-state index in [2.05, 4.69) is 5.32 Å². The van der Waals surface area contributed by atoms with Gasteiger partial charge in [0.05, 0.1) is 6.10 Å². The summed E-state index contributed by atoms with van der Waals surface area (Å²) in [4.78, 5) is 0. The van der Waals surface area contributed by atoms with E-state index in [1.807, 2.05) is 6.92 Å². The zero-order valence-corrected chi connectivity index (χ0v) is 10.3. The Morgan fingerprint density at radius 1 is 1.47 bits per heavy atom. The SMILES string of the molecule is CC(CC1CCCCN1)Oc1cccc(F)c1. The van der Waals surface area contributed by atoms with Crippen molar-refractivity contribution in [2.75, 3.05) is 6.54 Å². The van der Waals surface area contributed by atoms with Crippen molar-refractivity contribution >= 4 is 0 Å². The minimum atomic E-state index is -0.245. The molecule has 1 saturated heterocycles. The minimum Gasteiger partial charge on any atom is -0.491 e. The average Bonchev–Trinajstić information content (AvgIpc) is 2.30. The van der Waals surface area contributed by atoms with E-state index >= 15 is 0 Å². The molecule has 0 spiro atoms. The van der Waals surface area contributed by atoms with Crippen LogP contribution in [0, 0.1) is 5.82 Å².